The molecule has 2 fully saturated rings. The summed E-state index contributed by atoms with van der Waals surface area (Å²) in [6.07, 6.45) is 1.15. The molecule has 2 aliphatic heterocycles. The molecule has 4 N–H and O–H groups in total. The summed E-state index contributed by atoms with van der Waals surface area (Å²) in [6, 6.07) is 6.14. The molecule has 0 bridgehead atoms. The van der Waals surface area contributed by atoms with Crippen LogP contribution >= 0.6 is 0 Å². The number of nitrogens with zero attached hydrogens (tertiary/aromatic N) is 4. The first-order valence-electron chi connectivity index (χ1n) is 15.8. The summed E-state index contributed by atoms with van der Waals surface area (Å²) < 4.78 is 8.22. The number of aliphatic hydroxyl groups excluding tert-OH is 2. The Morgan fingerprint density at radius 2 is 1.88 bits per heavy atom. The Morgan fingerprint density at radius 1 is 1.16 bits per heavy atom. The molecule has 2 saturated heterocycles. The van der Waals surface area contributed by atoms with Gasteiger partial charge < -0.3 is 30.5 Å². The van der Waals surface area contributed by atoms with Crippen LogP contribution in [0.1, 0.15) is 59.6 Å². The number of amides is 2. The van der Waals surface area contributed by atoms with E-state index in [1.165, 1.54) is 4.90 Å². The van der Waals surface area contributed by atoms with Crippen LogP contribution < -0.4 is 15.4 Å². The molecule has 0 saturated carbocycles. The molecule has 1 aromatic carbocycles. The van der Waals surface area contributed by atoms with Gasteiger partial charge in [-0.3, -0.25) is 19.2 Å². The maximum Gasteiger partial charge on any atom is 0.243 e. The summed E-state index contributed by atoms with van der Waals surface area (Å²) in [5.74, 6) is -0.133. The number of carbonyl (C=O) groups is 2. The minimum atomic E-state index is -0.803. The Hall–Kier alpha value is -2.99. The van der Waals surface area contributed by atoms with E-state index in [4.69, 9.17) is 4.74 Å². The molecule has 0 radical (unpaired) electrons. The SMILES string of the molecule is CC.CCn1nccc1-c1ccc(C(CO)NC(=O)C2CC(O)CN2C(=O)C(C)C(C)C)c(OCCN2CCNCC2)c1. The average Bonchev–Trinajstić information content (AvgIpc) is 3.67. The zero-order valence-electron chi connectivity index (χ0n) is 26.8. The van der Waals surface area contributed by atoms with E-state index < -0.39 is 24.1 Å². The van der Waals surface area contributed by atoms with Crippen molar-refractivity contribution in [1.82, 2.24) is 30.2 Å². The van der Waals surface area contributed by atoms with Crippen LogP contribution in [0.3, 0.4) is 0 Å². The van der Waals surface area contributed by atoms with Gasteiger partial charge in [-0.15, -0.1) is 0 Å². The maximum atomic E-state index is 13.5. The molecular formula is C32H52N6O5. The summed E-state index contributed by atoms with van der Waals surface area (Å²) >= 11 is 0. The number of hydrogen-bond acceptors (Lipinski definition) is 8. The van der Waals surface area contributed by atoms with E-state index in [0.29, 0.717) is 17.9 Å². The number of aliphatic hydroxyl groups is 2. The fourth-order valence-corrected chi connectivity index (χ4v) is 5.50. The lowest BCUT2D eigenvalue weighted by Gasteiger charge is -2.30. The van der Waals surface area contributed by atoms with Gasteiger partial charge in [0.05, 0.1) is 24.4 Å². The highest BCUT2D eigenvalue weighted by Gasteiger charge is 2.41. The Kier molecular flexibility index (Phi) is 13.4. The monoisotopic (exact) mass is 600 g/mol. The van der Waals surface area contributed by atoms with E-state index >= 15 is 0 Å². The zero-order chi connectivity index (χ0) is 31.5. The first-order chi connectivity index (χ1) is 20.7. The van der Waals surface area contributed by atoms with Crippen molar-refractivity contribution in [3.8, 4) is 17.0 Å². The molecule has 4 atom stereocenters. The van der Waals surface area contributed by atoms with Crippen molar-refractivity contribution in [3.63, 3.8) is 0 Å². The summed E-state index contributed by atoms with van der Waals surface area (Å²) in [7, 11) is 0. The third-order valence-corrected chi connectivity index (χ3v) is 8.33. The summed E-state index contributed by atoms with van der Waals surface area (Å²) in [5.41, 5.74) is 2.52. The lowest BCUT2D eigenvalue weighted by Crippen LogP contribution is -2.49. The fraction of sp³-hybridized carbons (Fsp3) is 0.656. The van der Waals surface area contributed by atoms with Crippen molar-refractivity contribution in [2.24, 2.45) is 11.8 Å². The number of nitrogens with one attached hydrogen (secondary N) is 2. The van der Waals surface area contributed by atoms with Crippen molar-refractivity contribution in [1.29, 1.82) is 0 Å². The number of aryl methyl sites for hydroxylation is 1. The van der Waals surface area contributed by atoms with Gasteiger partial charge in [0.15, 0.2) is 0 Å². The van der Waals surface area contributed by atoms with Gasteiger partial charge in [0.2, 0.25) is 11.8 Å². The summed E-state index contributed by atoms with van der Waals surface area (Å²) in [4.78, 5) is 30.5. The van der Waals surface area contributed by atoms with Gasteiger partial charge >= 0.3 is 0 Å². The molecule has 4 rings (SSSR count). The number of piperazine rings is 1. The maximum absolute atomic E-state index is 13.5. The van der Waals surface area contributed by atoms with Crippen LogP contribution in [0.25, 0.3) is 11.3 Å². The standard InChI is InChI=1S/C30H46N6O5.C2H6/c1-5-36-26(8-9-32-36)22-6-7-24(28(16-22)41-15-14-34-12-10-31-11-13-34)25(19-37)33-29(39)27-17-23(38)18-35(27)30(40)21(4)20(2)3;1-2/h6-9,16,20-21,23,25,27,31,37-38H,5,10-15,17-19H2,1-4H3,(H,33,39);1-2H3. The normalized spacial score (nSPS) is 20.3. The molecular weight excluding hydrogens is 548 g/mol. The predicted molar refractivity (Wildman–Crippen MR) is 168 cm³/mol. The molecule has 240 valence electrons. The van der Waals surface area contributed by atoms with Crippen LogP contribution in [0.5, 0.6) is 5.75 Å². The van der Waals surface area contributed by atoms with Gasteiger partial charge in [-0.25, -0.2) is 0 Å². The molecule has 0 spiro atoms. The van der Waals surface area contributed by atoms with Crippen molar-refractivity contribution < 1.29 is 24.5 Å². The number of β-amino-alcohol motifs (C(OH)–C–C–N with tert-alkyl or cyclic N) is 1. The Morgan fingerprint density at radius 3 is 2.53 bits per heavy atom. The molecule has 2 aliphatic rings. The highest BCUT2D eigenvalue weighted by atomic mass is 16.5. The number of aromatic nitrogens is 2. The van der Waals surface area contributed by atoms with Gasteiger partial charge in [-0.1, -0.05) is 46.8 Å². The highest BCUT2D eigenvalue weighted by molar-refractivity contribution is 5.89. The quantitative estimate of drug-likeness (QED) is 0.292. The third-order valence-electron chi connectivity index (χ3n) is 8.33. The Labute approximate surface area is 256 Å². The second kappa shape index (κ2) is 16.7. The molecule has 0 aliphatic carbocycles. The number of hydrogen-bond donors (Lipinski definition) is 4. The largest absolute Gasteiger partial charge is 0.492 e. The van der Waals surface area contributed by atoms with Crippen LogP contribution in [-0.4, -0.2) is 106 Å². The fourth-order valence-electron chi connectivity index (χ4n) is 5.50. The third kappa shape index (κ3) is 8.78. The van der Waals surface area contributed by atoms with Crippen molar-refractivity contribution >= 4 is 11.8 Å². The van der Waals surface area contributed by atoms with Crippen LogP contribution in [0.2, 0.25) is 0 Å². The Bertz CT molecular complexity index is 1160. The van der Waals surface area contributed by atoms with Gasteiger partial charge in [0.25, 0.3) is 0 Å². The number of carbonyl (C=O) groups excluding carboxylic acids is 2. The lowest BCUT2D eigenvalue weighted by molar-refractivity contribution is -0.142. The molecule has 1 aromatic heterocycles. The summed E-state index contributed by atoms with van der Waals surface area (Å²) in [5, 5.41) is 31.5. The van der Waals surface area contributed by atoms with Crippen LogP contribution in [0.15, 0.2) is 30.5 Å². The van der Waals surface area contributed by atoms with E-state index in [0.717, 1.165) is 50.5 Å². The van der Waals surface area contributed by atoms with Crippen LogP contribution in [0, 0.1) is 11.8 Å². The van der Waals surface area contributed by atoms with Crippen molar-refractivity contribution in [3.05, 3.63) is 36.0 Å². The van der Waals surface area contributed by atoms with Gasteiger partial charge in [0.1, 0.15) is 18.4 Å². The molecule has 2 aromatic rings. The van der Waals surface area contributed by atoms with E-state index in [1.807, 2.05) is 70.5 Å². The number of rotatable bonds is 12. The minimum Gasteiger partial charge on any atom is -0.492 e. The van der Waals surface area contributed by atoms with E-state index in [1.54, 1.807) is 6.20 Å². The van der Waals surface area contributed by atoms with Gasteiger partial charge in [-0.05, 0) is 25.0 Å². The van der Waals surface area contributed by atoms with E-state index in [2.05, 4.69) is 20.6 Å². The summed E-state index contributed by atoms with van der Waals surface area (Å²) in [6.45, 7) is 17.3. The number of ether oxygens (including phenoxy) is 1. The van der Waals surface area contributed by atoms with E-state index in [9.17, 15) is 19.8 Å². The first-order valence-corrected chi connectivity index (χ1v) is 15.8. The molecule has 4 unspecified atom stereocenters. The molecule has 11 heteroatoms. The van der Waals surface area contributed by atoms with E-state index in [-0.39, 0.29) is 37.3 Å². The second-order valence-corrected chi connectivity index (χ2v) is 11.4. The van der Waals surface area contributed by atoms with Gasteiger partial charge in [0, 0.05) is 75.5 Å². The minimum absolute atomic E-state index is 0.109. The van der Waals surface area contributed by atoms with Crippen LogP contribution in [-0.2, 0) is 16.1 Å². The molecule has 43 heavy (non-hydrogen) atoms. The zero-order valence-corrected chi connectivity index (χ0v) is 26.8. The average molecular weight is 601 g/mol. The number of likely N-dealkylation sites (tertiary alicyclic amines) is 1. The Balaban J connectivity index is 0.00000248. The van der Waals surface area contributed by atoms with Crippen molar-refractivity contribution in [2.45, 2.75) is 72.7 Å². The van der Waals surface area contributed by atoms with Crippen molar-refractivity contribution in [2.75, 3.05) is 52.5 Å². The number of benzene rings is 1. The van der Waals surface area contributed by atoms with Gasteiger partial charge in [-0.2, -0.15) is 5.10 Å². The molecule has 3 heterocycles. The van der Waals surface area contributed by atoms with Crippen LogP contribution in [0.4, 0.5) is 0 Å². The first kappa shape index (κ1) is 34.5. The topological polar surface area (TPSA) is 132 Å². The molecule has 2 amide bonds. The second-order valence-electron chi connectivity index (χ2n) is 11.4. The lowest BCUT2D eigenvalue weighted by atomic mass is 9.96. The highest BCUT2D eigenvalue weighted by Crippen LogP contribution is 2.32. The molecule has 11 nitrogen and oxygen atoms in total. The smallest absolute Gasteiger partial charge is 0.243 e. The predicted octanol–water partition coefficient (Wildman–Crippen LogP) is 2.28.